The van der Waals surface area contributed by atoms with Crippen molar-refractivity contribution >= 4 is 23.0 Å². The van der Waals surface area contributed by atoms with Crippen LogP contribution in [0.5, 0.6) is 0 Å². The Hall–Kier alpha value is -2.93. The van der Waals surface area contributed by atoms with Gasteiger partial charge < -0.3 is 15.5 Å². The molecule has 2 N–H and O–H groups in total. The molecule has 3 rings (SSSR count). The van der Waals surface area contributed by atoms with E-state index in [2.05, 4.69) is 21.6 Å². The van der Waals surface area contributed by atoms with Gasteiger partial charge in [-0.3, -0.25) is 14.9 Å². The number of nitro benzene ring substituents is 1. The third kappa shape index (κ3) is 5.53. The van der Waals surface area contributed by atoms with Crippen LogP contribution in [0.25, 0.3) is 0 Å². The number of hydrogen-bond acceptors (Lipinski definition) is 5. The number of amides is 1. The number of anilines is 2. The summed E-state index contributed by atoms with van der Waals surface area (Å²) in [4.78, 5) is 25.1. The fraction of sp³-hybridized carbons (Fsp3) is 0.381. The smallest absolute Gasteiger partial charge is 0.269 e. The first-order valence-corrected chi connectivity index (χ1v) is 9.63. The second-order valence-corrected chi connectivity index (χ2v) is 7.21. The molecule has 2 aromatic rings. The Morgan fingerprint density at radius 3 is 2.68 bits per heavy atom. The van der Waals surface area contributed by atoms with E-state index in [-0.39, 0.29) is 17.6 Å². The molecule has 0 aliphatic carbocycles. The van der Waals surface area contributed by atoms with Crippen LogP contribution in [0.2, 0.25) is 0 Å². The van der Waals surface area contributed by atoms with E-state index in [0.717, 1.165) is 30.0 Å². The van der Waals surface area contributed by atoms with Gasteiger partial charge in [0.15, 0.2) is 0 Å². The van der Waals surface area contributed by atoms with Crippen LogP contribution in [0.1, 0.15) is 31.7 Å². The zero-order valence-corrected chi connectivity index (χ0v) is 16.1. The third-order valence-electron chi connectivity index (χ3n) is 4.87. The van der Waals surface area contributed by atoms with Crippen LogP contribution in [0, 0.1) is 10.1 Å². The SMILES string of the molecule is CC(CC(=O)Nc1cccc(N2CCCC2)c1)NCc1cccc([N+](=O)[O-])c1. The first kappa shape index (κ1) is 19.8. The van der Waals surface area contributed by atoms with Gasteiger partial charge in [-0.15, -0.1) is 0 Å². The molecule has 1 amide bonds. The van der Waals surface area contributed by atoms with Gasteiger partial charge in [0.1, 0.15) is 0 Å². The minimum Gasteiger partial charge on any atom is -0.371 e. The summed E-state index contributed by atoms with van der Waals surface area (Å²) < 4.78 is 0. The number of carbonyl (C=O) groups is 1. The van der Waals surface area contributed by atoms with Crippen LogP contribution in [-0.4, -0.2) is 30.0 Å². The number of non-ortho nitro benzene ring substituents is 1. The molecule has 1 heterocycles. The third-order valence-corrected chi connectivity index (χ3v) is 4.87. The van der Waals surface area contributed by atoms with E-state index in [1.165, 1.54) is 18.9 Å². The predicted molar refractivity (Wildman–Crippen MR) is 111 cm³/mol. The molecule has 0 radical (unpaired) electrons. The average molecular weight is 382 g/mol. The van der Waals surface area contributed by atoms with Crippen molar-refractivity contribution < 1.29 is 9.72 Å². The van der Waals surface area contributed by atoms with E-state index >= 15 is 0 Å². The molecule has 0 bridgehead atoms. The maximum Gasteiger partial charge on any atom is 0.269 e. The minimum atomic E-state index is -0.406. The molecular formula is C21H26N4O3. The van der Waals surface area contributed by atoms with Gasteiger partial charge in [-0.05, 0) is 43.5 Å². The molecule has 148 valence electrons. The predicted octanol–water partition coefficient (Wildman–Crippen LogP) is 3.70. The summed E-state index contributed by atoms with van der Waals surface area (Å²) in [6.45, 7) is 4.53. The van der Waals surface area contributed by atoms with Crippen LogP contribution in [0.4, 0.5) is 17.1 Å². The number of rotatable bonds is 8. The highest BCUT2D eigenvalue weighted by Gasteiger charge is 2.14. The van der Waals surface area contributed by atoms with Crippen molar-refractivity contribution in [3.05, 3.63) is 64.2 Å². The standard InChI is InChI=1S/C21H26N4O3/c1-16(22-15-17-6-4-9-20(13-17)25(27)28)12-21(26)23-18-7-5-8-19(14-18)24-10-2-3-11-24/h4-9,13-14,16,22H,2-3,10-12,15H2,1H3,(H,23,26). The quantitative estimate of drug-likeness (QED) is 0.537. The van der Waals surface area contributed by atoms with Crippen LogP contribution in [0.15, 0.2) is 48.5 Å². The molecule has 1 fully saturated rings. The summed E-state index contributed by atoms with van der Waals surface area (Å²) in [7, 11) is 0. The number of nitrogens with zero attached hydrogens (tertiary/aromatic N) is 2. The Morgan fingerprint density at radius 1 is 1.18 bits per heavy atom. The summed E-state index contributed by atoms with van der Waals surface area (Å²) in [5.41, 5.74) is 2.84. The zero-order chi connectivity index (χ0) is 19.9. The molecule has 28 heavy (non-hydrogen) atoms. The van der Waals surface area contributed by atoms with Crippen molar-refractivity contribution in [3.63, 3.8) is 0 Å². The van der Waals surface area contributed by atoms with Crippen LogP contribution in [0.3, 0.4) is 0 Å². The topological polar surface area (TPSA) is 87.5 Å². The van der Waals surface area contributed by atoms with Crippen molar-refractivity contribution in [1.29, 1.82) is 0 Å². The van der Waals surface area contributed by atoms with Gasteiger partial charge in [0.2, 0.25) is 5.91 Å². The van der Waals surface area contributed by atoms with Crippen molar-refractivity contribution in [1.82, 2.24) is 5.32 Å². The number of benzene rings is 2. The Morgan fingerprint density at radius 2 is 1.93 bits per heavy atom. The number of nitrogens with one attached hydrogen (secondary N) is 2. The molecule has 1 saturated heterocycles. The molecule has 1 unspecified atom stereocenters. The second-order valence-electron chi connectivity index (χ2n) is 7.21. The molecule has 1 atom stereocenters. The molecule has 7 nitrogen and oxygen atoms in total. The van der Waals surface area contributed by atoms with Gasteiger partial charge in [0, 0.05) is 55.6 Å². The van der Waals surface area contributed by atoms with E-state index < -0.39 is 4.92 Å². The number of carbonyl (C=O) groups excluding carboxylic acids is 1. The summed E-state index contributed by atoms with van der Waals surface area (Å²) in [5, 5.41) is 17.1. The average Bonchev–Trinajstić information content (AvgIpc) is 3.21. The molecule has 0 aromatic heterocycles. The van der Waals surface area contributed by atoms with E-state index in [9.17, 15) is 14.9 Å². The number of hydrogen-bond donors (Lipinski definition) is 2. The van der Waals surface area contributed by atoms with Gasteiger partial charge in [-0.2, -0.15) is 0 Å². The summed E-state index contributed by atoms with van der Waals surface area (Å²) in [5.74, 6) is -0.0578. The fourth-order valence-electron chi connectivity index (χ4n) is 3.39. The zero-order valence-electron chi connectivity index (χ0n) is 16.1. The molecule has 0 spiro atoms. The second kappa shape index (κ2) is 9.32. The largest absolute Gasteiger partial charge is 0.371 e. The lowest BCUT2D eigenvalue weighted by Crippen LogP contribution is -2.30. The first-order chi connectivity index (χ1) is 13.5. The molecule has 2 aromatic carbocycles. The number of nitro groups is 1. The van der Waals surface area contributed by atoms with Gasteiger partial charge in [-0.1, -0.05) is 18.2 Å². The Labute approximate surface area is 164 Å². The van der Waals surface area contributed by atoms with E-state index in [0.29, 0.717) is 13.0 Å². The maximum absolute atomic E-state index is 12.4. The van der Waals surface area contributed by atoms with Crippen LogP contribution in [-0.2, 0) is 11.3 Å². The lowest BCUT2D eigenvalue weighted by atomic mass is 10.1. The monoisotopic (exact) mass is 382 g/mol. The lowest BCUT2D eigenvalue weighted by molar-refractivity contribution is -0.384. The van der Waals surface area contributed by atoms with Crippen molar-refractivity contribution in [2.75, 3.05) is 23.3 Å². The van der Waals surface area contributed by atoms with Gasteiger partial charge in [-0.25, -0.2) is 0 Å². The van der Waals surface area contributed by atoms with Gasteiger partial charge >= 0.3 is 0 Å². The van der Waals surface area contributed by atoms with E-state index in [1.807, 2.05) is 31.2 Å². The molecule has 0 saturated carbocycles. The van der Waals surface area contributed by atoms with Crippen molar-refractivity contribution in [2.24, 2.45) is 0 Å². The molecule has 1 aliphatic rings. The molecule has 7 heteroatoms. The Kier molecular flexibility index (Phi) is 6.60. The first-order valence-electron chi connectivity index (χ1n) is 9.63. The maximum atomic E-state index is 12.4. The van der Waals surface area contributed by atoms with Gasteiger partial charge in [0.25, 0.3) is 5.69 Å². The summed E-state index contributed by atoms with van der Waals surface area (Å²) in [6.07, 6.45) is 2.75. The highest BCUT2D eigenvalue weighted by Crippen LogP contribution is 2.23. The summed E-state index contributed by atoms with van der Waals surface area (Å²) >= 11 is 0. The lowest BCUT2D eigenvalue weighted by Gasteiger charge is -2.19. The van der Waals surface area contributed by atoms with Crippen molar-refractivity contribution in [2.45, 2.75) is 38.8 Å². The molecule has 1 aliphatic heterocycles. The van der Waals surface area contributed by atoms with Crippen LogP contribution < -0.4 is 15.5 Å². The Bertz CT molecular complexity index is 834. The molecular weight excluding hydrogens is 356 g/mol. The highest BCUT2D eigenvalue weighted by atomic mass is 16.6. The van der Waals surface area contributed by atoms with E-state index in [4.69, 9.17) is 0 Å². The van der Waals surface area contributed by atoms with Gasteiger partial charge in [0.05, 0.1) is 4.92 Å². The fourth-order valence-corrected chi connectivity index (χ4v) is 3.39. The minimum absolute atomic E-state index is 0.0546. The Balaban J connectivity index is 1.48. The van der Waals surface area contributed by atoms with E-state index in [1.54, 1.807) is 12.1 Å². The summed E-state index contributed by atoms with van der Waals surface area (Å²) in [6, 6.07) is 14.4. The van der Waals surface area contributed by atoms with Crippen molar-refractivity contribution in [3.8, 4) is 0 Å². The highest BCUT2D eigenvalue weighted by molar-refractivity contribution is 5.91. The van der Waals surface area contributed by atoms with Crippen LogP contribution >= 0.6 is 0 Å². The normalized spacial score (nSPS) is 14.7.